The van der Waals surface area contributed by atoms with Crippen LogP contribution < -0.4 is 0 Å². The molecule has 0 bridgehead atoms. The van der Waals surface area contributed by atoms with Gasteiger partial charge in [0, 0.05) is 11.8 Å². The van der Waals surface area contributed by atoms with E-state index in [0.29, 0.717) is 17.6 Å². The first-order chi connectivity index (χ1) is 8.18. The van der Waals surface area contributed by atoms with Crippen molar-refractivity contribution in [1.82, 2.24) is 0 Å². The van der Waals surface area contributed by atoms with Gasteiger partial charge in [0.2, 0.25) is 0 Å². The molecule has 0 aromatic heterocycles. The molecule has 0 spiro atoms. The second-order valence-corrected chi connectivity index (χ2v) is 6.65. The number of ketones is 1. The molecular weight excluding hydrogens is 208 g/mol. The normalized spacial score (nSPS) is 30.6. The molecule has 17 heavy (non-hydrogen) atoms. The maximum Gasteiger partial charge on any atom is 0.139 e. The second kappa shape index (κ2) is 6.02. The number of hydrogen-bond donors (Lipinski definition) is 0. The summed E-state index contributed by atoms with van der Waals surface area (Å²) in [6.45, 7) is 4.55. The van der Waals surface area contributed by atoms with Crippen LogP contribution in [0.3, 0.4) is 0 Å². The fraction of sp³-hybridized carbons (Fsp3) is 0.938. The molecule has 0 heterocycles. The van der Waals surface area contributed by atoms with Gasteiger partial charge in [0.1, 0.15) is 5.78 Å². The van der Waals surface area contributed by atoms with E-state index in [4.69, 9.17) is 0 Å². The number of carbonyl (C=O) groups is 1. The molecule has 2 aliphatic rings. The van der Waals surface area contributed by atoms with Crippen molar-refractivity contribution in [2.24, 2.45) is 23.7 Å². The average molecular weight is 236 g/mol. The van der Waals surface area contributed by atoms with Crippen LogP contribution in [0.4, 0.5) is 0 Å². The van der Waals surface area contributed by atoms with Crippen molar-refractivity contribution < 1.29 is 4.79 Å². The van der Waals surface area contributed by atoms with Gasteiger partial charge in [-0.2, -0.15) is 0 Å². The molecule has 0 radical (unpaired) electrons. The predicted molar refractivity (Wildman–Crippen MR) is 71.9 cm³/mol. The minimum Gasteiger partial charge on any atom is -0.299 e. The van der Waals surface area contributed by atoms with Gasteiger partial charge in [0.05, 0.1) is 0 Å². The third kappa shape index (κ3) is 3.33. The van der Waals surface area contributed by atoms with E-state index in [2.05, 4.69) is 13.8 Å². The first-order valence-electron chi connectivity index (χ1n) is 7.72. The topological polar surface area (TPSA) is 17.1 Å². The summed E-state index contributed by atoms with van der Waals surface area (Å²) in [6.07, 6.45) is 11.5. The molecule has 98 valence electrons. The first kappa shape index (κ1) is 13.1. The summed E-state index contributed by atoms with van der Waals surface area (Å²) in [6, 6.07) is 0. The maximum absolute atomic E-state index is 12.4. The van der Waals surface area contributed by atoms with Crippen molar-refractivity contribution >= 4 is 5.78 Å². The molecule has 2 rings (SSSR count). The van der Waals surface area contributed by atoms with E-state index in [9.17, 15) is 4.79 Å². The number of Topliss-reactive ketones (excluding diaryl/α,β-unsaturated/α-hetero) is 1. The Kier molecular flexibility index (Phi) is 4.64. The van der Waals surface area contributed by atoms with E-state index in [-0.39, 0.29) is 0 Å². The Morgan fingerprint density at radius 2 is 1.82 bits per heavy atom. The predicted octanol–water partition coefficient (Wildman–Crippen LogP) is 4.60. The molecule has 1 nitrogen and oxygen atoms in total. The van der Waals surface area contributed by atoms with Crippen LogP contribution in [0.15, 0.2) is 0 Å². The summed E-state index contributed by atoms with van der Waals surface area (Å²) in [7, 11) is 0. The van der Waals surface area contributed by atoms with Crippen molar-refractivity contribution in [1.29, 1.82) is 0 Å². The third-order valence-corrected chi connectivity index (χ3v) is 4.90. The molecule has 0 N–H and O–H groups in total. The zero-order valence-electron chi connectivity index (χ0n) is 11.6. The minimum absolute atomic E-state index is 0.430. The van der Waals surface area contributed by atoms with Gasteiger partial charge >= 0.3 is 0 Å². The van der Waals surface area contributed by atoms with Crippen LogP contribution in [0.2, 0.25) is 0 Å². The van der Waals surface area contributed by atoms with Gasteiger partial charge < -0.3 is 0 Å². The van der Waals surface area contributed by atoms with Crippen LogP contribution in [0, 0.1) is 23.7 Å². The fourth-order valence-electron chi connectivity index (χ4n) is 3.85. The summed E-state index contributed by atoms with van der Waals surface area (Å²) < 4.78 is 0. The summed E-state index contributed by atoms with van der Waals surface area (Å²) in [5.41, 5.74) is 0. The molecule has 0 aliphatic heterocycles. The van der Waals surface area contributed by atoms with Gasteiger partial charge in [0.25, 0.3) is 0 Å². The Balaban J connectivity index is 1.76. The zero-order chi connectivity index (χ0) is 12.3. The monoisotopic (exact) mass is 236 g/mol. The van der Waals surface area contributed by atoms with E-state index >= 15 is 0 Å². The van der Waals surface area contributed by atoms with Gasteiger partial charge in [-0.1, -0.05) is 39.5 Å². The number of hydrogen-bond acceptors (Lipinski definition) is 1. The van der Waals surface area contributed by atoms with E-state index < -0.39 is 0 Å². The third-order valence-electron chi connectivity index (χ3n) is 4.90. The highest BCUT2D eigenvalue weighted by atomic mass is 16.1. The largest absolute Gasteiger partial charge is 0.299 e. The average Bonchev–Trinajstić information content (AvgIpc) is 2.88. The number of rotatable bonds is 5. The van der Waals surface area contributed by atoms with E-state index in [1.165, 1.54) is 57.8 Å². The Morgan fingerprint density at radius 3 is 2.47 bits per heavy atom. The fourth-order valence-corrected chi connectivity index (χ4v) is 3.85. The maximum atomic E-state index is 12.4. The molecule has 2 saturated carbocycles. The van der Waals surface area contributed by atoms with Crippen molar-refractivity contribution in [3.63, 3.8) is 0 Å². The van der Waals surface area contributed by atoms with Crippen LogP contribution in [0.1, 0.15) is 71.6 Å². The van der Waals surface area contributed by atoms with E-state index in [1.54, 1.807) is 0 Å². The molecule has 0 aromatic rings. The molecule has 2 fully saturated rings. The molecular formula is C16H28O. The van der Waals surface area contributed by atoms with E-state index in [0.717, 1.165) is 11.8 Å². The Labute approximate surface area is 106 Å². The SMILES string of the molecule is CC(C)CCCC1CCC(C2CCCC2)C1=O. The van der Waals surface area contributed by atoms with Crippen LogP contribution >= 0.6 is 0 Å². The Hall–Kier alpha value is -0.330. The van der Waals surface area contributed by atoms with Crippen LogP contribution in [0.25, 0.3) is 0 Å². The second-order valence-electron chi connectivity index (χ2n) is 6.65. The van der Waals surface area contributed by atoms with Crippen LogP contribution in [0.5, 0.6) is 0 Å². The molecule has 0 saturated heterocycles. The van der Waals surface area contributed by atoms with Crippen LogP contribution in [-0.2, 0) is 4.79 Å². The molecule has 0 amide bonds. The molecule has 2 aliphatic carbocycles. The van der Waals surface area contributed by atoms with Gasteiger partial charge in [-0.3, -0.25) is 4.79 Å². The molecule has 0 aromatic carbocycles. The van der Waals surface area contributed by atoms with Crippen molar-refractivity contribution in [3.8, 4) is 0 Å². The lowest BCUT2D eigenvalue weighted by molar-refractivity contribution is -0.125. The summed E-state index contributed by atoms with van der Waals surface area (Å²) in [5.74, 6) is 3.08. The lowest BCUT2D eigenvalue weighted by Gasteiger charge is -2.17. The highest BCUT2D eigenvalue weighted by Crippen LogP contribution is 2.41. The highest BCUT2D eigenvalue weighted by molar-refractivity contribution is 5.85. The lowest BCUT2D eigenvalue weighted by Crippen LogP contribution is -2.20. The number of carbonyl (C=O) groups excluding carboxylic acids is 1. The smallest absolute Gasteiger partial charge is 0.139 e. The van der Waals surface area contributed by atoms with Crippen molar-refractivity contribution in [3.05, 3.63) is 0 Å². The molecule has 2 unspecified atom stereocenters. The summed E-state index contributed by atoms with van der Waals surface area (Å²) in [5, 5.41) is 0. The van der Waals surface area contributed by atoms with Crippen molar-refractivity contribution in [2.45, 2.75) is 71.6 Å². The molecule has 2 atom stereocenters. The van der Waals surface area contributed by atoms with Gasteiger partial charge in [-0.15, -0.1) is 0 Å². The summed E-state index contributed by atoms with van der Waals surface area (Å²) in [4.78, 5) is 12.4. The zero-order valence-corrected chi connectivity index (χ0v) is 11.6. The van der Waals surface area contributed by atoms with Gasteiger partial charge in [-0.05, 0) is 43.9 Å². The van der Waals surface area contributed by atoms with Gasteiger partial charge in [-0.25, -0.2) is 0 Å². The Morgan fingerprint density at radius 1 is 1.12 bits per heavy atom. The standard InChI is InChI=1S/C16H28O/c1-12(2)6-5-9-14-10-11-15(16(14)17)13-7-3-4-8-13/h12-15H,3-11H2,1-2H3. The summed E-state index contributed by atoms with van der Waals surface area (Å²) >= 11 is 0. The highest BCUT2D eigenvalue weighted by Gasteiger charge is 2.39. The van der Waals surface area contributed by atoms with E-state index in [1.807, 2.05) is 0 Å². The first-order valence-corrected chi connectivity index (χ1v) is 7.72. The Bertz CT molecular complexity index is 250. The van der Waals surface area contributed by atoms with Crippen LogP contribution in [-0.4, -0.2) is 5.78 Å². The van der Waals surface area contributed by atoms with Gasteiger partial charge in [0.15, 0.2) is 0 Å². The quantitative estimate of drug-likeness (QED) is 0.682. The lowest BCUT2D eigenvalue weighted by atomic mass is 9.87. The van der Waals surface area contributed by atoms with Crippen molar-refractivity contribution in [2.75, 3.05) is 0 Å². The minimum atomic E-state index is 0.430. The molecule has 1 heteroatoms.